The average molecular weight is 290 g/mol. The second kappa shape index (κ2) is 7.17. The van der Waals surface area contributed by atoms with Crippen LogP contribution in [0, 0.1) is 0 Å². The topological polar surface area (TPSA) is 74.3 Å². The van der Waals surface area contributed by atoms with E-state index in [0.29, 0.717) is 13.0 Å². The highest BCUT2D eigenvalue weighted by atomic mass is 16.2. The minimum absolute atomic E-state index is 0.169. The fourth-order valence-electron chi connectivity index (χ4n) is 2.52. The number of anilines is 1. The number of imide groups is 1. The molecule has 2 N–H and O–H groups in total. The molecule has 1 saturated heterocycles. The lowest BCUT2D eigenvalue weighted by atomic mass is 10.1. The molecule has 1 unspecified atom stereocenters. The van der Waals surface area contributed by atoms with Crippen LogP contribution in [-0.2, 0) is 16.1 Å². The Morgan fingerprint density at radius 3 is 2.95 bits per heavy atom. The van der Waals surface area contributed by atoms with Crippen molar-refractivity contribution >= 4 is 17.6 Å². The second-order valence-electron chi connectivity index (χ2n) is 5.13. The molecule has 2 amide bonds. The lowest BCUT2D eigenvalue weighted by Gasteiger charge is -2.35. The molecule has 21 heavy (non-hydrogen) atoms. The molecule has 114 valence electrons. The minimum Gasteiger partial charge on any atom is -0.335 e. The van der Waals surface area contributed by atoms with E-state index in [2.05, 4.69) is 22.5 Å². The van der Waals surface area contributed by atoms with Gasteiger partial charge in [-0.05, 0) is 25.5 Å². The number of carbonyl (C=O) groups excluding carboxylic acids is 2. The molecule has 0 saturated carbocycles. The van der Waals surface area contributed by atoms with Crippen LogP contribution >= 0.6 is 0 Å². The van der Waals surface area contributed by atoms with Gasteiger partial charge in [-0.2, -0.15) is 0 Å². The van der Waals surface area contributed by atoms with Gasteiger partial charge < -0.3 is 10.2 Å². The predicted octanol–water partition coefficient (Wildman–Crippen LogP) is 0.823. The maximum atomic E-state index is 12.0. The van der Waals surface area contributed by atoms with Gasteiger partial charge in [-0.1, -0.05) is 19.9 Å². The summed E-state index contributed by atoms with van der Waals surface area (Å²) in [5.74, 6) is 0.200. The second-order valence-corrected chi connectivity index (χ2v) is 5.13. The Morgan fingerprint density at radius 1 is 1.43 bits per heavy atom. The Morgan fingerprint density at radius 2 is 2.24 bits per heavy atom. The average Bonchev–Trinajstić information content (AvgIpc) is 2.47. The maximum absolute atomic E-state index is 12.0. The van der Waals surface area contributed by atoms with Gasteiger partial charge in [-0.25, -0.2) is 4.98 Å². The Kier molecular flexibility index (Phi) is 5.27. The molecular formula is C15H22N4O2. The van der Waals surface area contributed by atoms with Crippen LogP contribution in [0.3, 0.4) is 0 Å². The number of pyridine rings is 1. The van der Waals surface area contributed by atoms with Gasteiger partial charge in [0, 0.05) is 18.3 Å². The number of amides is 2. The van der Waals surface area contributed by atoms with Gasteiger partial charge in [-0.3, -0.25) is 14.9 Å². The van der Waals surface area contributed by atoms with Crippen molar-refractivity contribution in [3.05, 3.63) is 23.9 Å². The molecule has 0 radical (unpaired) electrons. The van der Waals surface area contributed by atoms with Crippen LogP contribution in [0.2, 0.25) is 0 Å². The number of rotatable bonds is 6. The molecule has 1 fully saturated rings. The van der Waals surface area contributed by atoms with Gasteiger partial charge >= 0.3 is 0 Å². The highest BCUT2D eigenvalue weighted by Crippen LogP contribution is 2.22. The van der Waals surface area contributed by atoms with E-state index < -0.39 is 0 Å². The summed E-state index contributed by atoms with van der Waals surface area (Å²) in [5.41, 5.74) is 1.01. The quantitative estimate of drug-likeness (QED) is 0.599. The van der Waals surface area contributed by atoms with E-state index in [9.17, 15) is 9.59 Å². The first-order chi connectivity index (χ1) is 10.2. The van der Waals surface area contributed by atoms with E-state index in [-0.39, 0.29) is 24.4 Å². The Labute approximate surface area is 124 Å². The van der Waals surface area contributed by atoms with E-state index in [1.165, 1.54) is 0 Å². The first-order valence-corrected chi connectivity index (χ1v) is 7.42. The lowest BCUT2D eigenvalue weighted by molar-refractivity contribution is -0.132. The van der Waals surface area contributed by atoms with Crippen molar-refractivity contribution in [1.29, 1.82) is 0 Å². The van der Waals surface area contributed by atoms with Crippen LogP contribution in [0.4, 0.5) is 5.82 Å². The zero-order valence-corrected chi connectivity index (χ0v) is 12.6. The van der Waals surface area contributed by atoms with Crippen LogP contribution in [-0.4, -0.2) is 35.9 Å². The molecule has 2 heterocycles. The number of carbonyl (C=O) groups is 2. The van der Waals surface area contributed by atoms with Crippen LogP contribution in [0.15, 0.2) is 18.3 Å². The molecule has 1 aromatic rings. The van der Waals surface area contributed by atoms with Crippen LogP contribution in [0.25, 0.3) is 0 Å². The van der Waals surface area contributed by atoms with Crippen molar-refractivity contribution in [3.63, 3.8) is 0 Å². The largest absolute Gasteiger partial charge is 0.335 e. The van der Waals surface area contributed by atoms with Crippen molar-refractivity contribution in [2.75, 3.05) is 18.0 Å². The number of hydrogen-bond donors (Lipinski definition) is 2. The van der Waals surface area contributed by atoms with Gasteiger partial charge in [-0.15, -0.1) is 0 Å². The SMILES string of the molecule is CCCNCc1cccnc1N1CC(=O)NC(=O)C1CC. The van der Waals surface area contributed by atoms with Crippen molar-refractivity contribution < 1.29 is 9.59 Å². The van der Waals surface area contributed by atoms with Crippen LogP contribution < -0.4 is 15.5 Å². The van der Waals surface area contributed by atoms with Crippen molar-refractivity contribution in [2.45, 2.75) is 39.3 Å². The Hall–Kier alpha value is -1.95. The molecule has 1 aliphatic heterocycles. The fraction of sp³-hybridized carbons (Fsp3) is 0.533. The normalized spacial score (nSPS) is 18.8. The summed E-state index contributed by atoms with van der Waals surface area (Å²) in [4.78, 5) is 29.9. The van der Waals surface area contributed by atoms with Gasteiger partial charge in [0.15, 0.2) is 0 Å². The molecular weight excluding hydrogens is 268 g/mol. The third-order valence-corrected chi connectivity index (χ3v) is 3.52. The van der Waals surface area contributed by atoms with Crippen molar-refractivity contribution in [3.8, 4) is 0 Å². The van der Waals surface area contributed by atoms with E-state index >= 15 is 0 Å². The molecule has 0 aromatic carbocycles. The van der Waals surface area contributed by atoms with Crippen LogP contribution in [0.1, 0.15) is 32.3 Å². The lowest BCUT2D eigenvalue weighted by Crippen LogP contribution is -2.58. The first-order valence-electron chi connectivity index (χ1n) is 7.42. The van der Waals surface area contributed by atoms with E-state index in [0.717, 1.165) is 24.3 Å². The monoisotopic (exact) mass is 290 g/mol. The zero-order valence-electron chi connectivity index (χ0n) is 12.6. The third kappa shape index (κ3) is 3.58. The number of nitrogens with zero attached hydrogens (tertiary/aromatic N) is 2. The molecule has 0 aliphatic carbocycles. The van der Waals surface area contributed by atoms with Gasteiger partial charge in [0.05, 0.1) is 6.54 Å². The summed E-state index contributed by atoms with van der Waals surface area (Å²) >= 11 is 0. The first kappa shape index (κ1) is 15.4. The standard InChI is InChI=1S/C15H22N4O2/c1-3-7-16-9-11-6-5-8-17-14(11)19-10-13(20)18-15(21)12(19)4-2/h5-6,8,12,16H,3-4,7,9-10H2,1-2H3,(H,18,20,21). The van der Waals surface area contributed by atoms with Crippen LogP contribution in [0.5, 0.6) is 0 Å². The molecule has 6 heteroatoms. The summed E-state index contributed by atoms with van der Waals surface area (Å²) in [6.45, 7) is 5.82. The summed E-state index contributed by atoms with van der Waals surface area (Å²) in [6, 6.07) is 3.51. The molecule has 2 rings (SSSR count). The minimum atomic E-state index is -0.345. The van der Waals surface area contributed by atoms with Gasteiger partial charge in [0.25, 0.3) is 0 Å². The summed E-state index contributed by atoms with van der Waals surface area (Å²) in [5, 5.41) is 5.72. The predicted molar refractivity (Wildman–Crippen MR) is 80.8 cm³/mol. The molecule has 0 spiro atoms. The Balaban J connectivity index is 2.26. The highest BCUT2D eigenvalue weighted by Gasteiger charge is 2.34. The number of aromatic nitrogens is 1. The summed E-state index contributed by atoms with van der Waals surface area (Å²) < 4.78 is 0. The molecule has 1 atom stereocenters. The van der Waals surface area contributed by atoms with Gasteiger partial charge in [0.2, 0.25) is 11.8 Å². The maximum Gasteiger partial charge on any atom is 0.249 e. The summed E-state index contributed by atoms with van der Waals surface area (Å²) in [6.07, 6.45) is 3.39. The highest BCUT2D eigenvalue weighted by molar-refractivity contribution is 6.04. The van der Waals surface area contributed by atoms with E-state index in [4.69, 9.17) is 0 Å². The fourth-order valence-corrected chi connectivity index (χ4v) is 2.52. The van der Waals surface area contributed by atoms with Gasteiger partial charge in [0.1, 0.15) is 11.9 Å². The molecule has 1 aromatic heterocycles. The summed E-state index contributed by atoms with van der Waals surface area (Å²) in [7, 11) is 0. The third-order valence-electron chi connectivity index (χ3n) is 3.52. The molecule has 0 bridgehead atoms. The molecule has 1 aliphatic rings. The number of hydrogen-bond acceptors (Lipinski definition) is 5. The number of nitrogens with one attached hydrogen (secondary N) is 2. The van der Waals surface area contributed by atoms with Crippen molar-refractivity contribution in [1.82, 2.24) is 15.6 Å². The van der Waals surface area contributed by atoms with E-state index in [1.54, 1.807) is 6.20 Å². The smallest absolute Gasteiger partial charge is 0.249 e. The van der Waals surface area contributed by atoms with E-state index in [1.807, 2.05) is 24.0 Å². The number of piperazine rings is 1. The Bertz CT molecular complexity index is 518. The molecule has 6 nitrogen and oxygen atoms in total. The zero-order chi connectivity index (χ0) is 15.2. The van der Waals surface area contributed by atoms with Crippen molar-refractivity contribution in [2.24, 2.45) is 0 Å².